The number of aromatic nitrogens is 1. The summed E-state index contributed by atoms with van der Waals surface area (Å²) in [5, 5.41) is 12.7. The highest BCUT2D eigenvalue weighted by molar-refractivity contribution is 7.18. The second-order valence-corrected chi connectivity index (χ2v) is 6.96. The van der Waals surface area contributed by atoms with E-state index >= 15 is 0 Å². The molecule has 1 aromatic heterocycles. The van der Waals surface area contributed by atoms with Gasteiger partial charge in [0, 0.05) is 5.69 Å². The van der Waals surface area contributed by atoms with Crippen LogP contribution in [0, 0.1) is 11.3 Å². The van der Waals surface area contributed by atoms with Crippen molar-refractivity contribution in [1.29, 1.82) is 5.26 Å². The van der Waals surface area contributed by atoms with E-state index in [4.69, 9.17) is 5.26 Å². The van der Waals surface area contributed by atoms with Gasteiger partial charge in [-0.15, -0.1) is 11.3 Å². The summed E-state index contributed by atoms with van der Waals surface area (Å²) >= 11 is 1.65. The minimum atomic E-state index is -0.303. The molecule has 1 amide bonds. The quantitative estimate of drug-likeness (QED) is 0.763. The van der Waals surface area contributed by atoms with Crippen molar-refractivity contribution in [3.63, 3.8) is 0 Å². The van der Waals surface area contributed by atoms with Gasteiger partial charge in [0.25, 0.3) is 0 Å². The summed E-state index contributed by atoms with van der Waals surface area (Å²) < 4.78 is 1.15. The number of nitriles is 1. The second kappa shape index (κ2) is 7.43. The molecule has 0 spiro atoms. The molecule has 25 heavy (non-hydrogen) atoms. The number of fused-ring (bicyclic) bond motifs is 1. The number of para-hydroxylation sites is 1. The SMILES string of the molecule is C[C@@H](C(=O)Nc1ccc(C#N)cc1)N(C)Cc1nc2ccccc2s1. The van der Waals surface area contributed by atoms with Crippen LogP contribution in [0.2, 0.25) is 0 Å². The van der Waals surface area contributed by atoms with Crippen molar-refractivity contribution in [3.05, 3.63) is 59.1 Å². The van der Waals surface area contributed by atoms with E-state index in [1.807, 2.05) is 37.1 Å². The number of anilines is 1. The first-order chi connectivity index (χ1) is 12.1. The van der Waals surface area contributed by atoms with Gasteiger partial charge in [-0.2, -0.15) is 5.26 Å². The van der Waals surface area contributed by atoms with E-state index in [1.54, 1.807) is 35.6 Å². The Morgan fingerprint density at radius 3 is 2.68 bits per heavy atom. The zero-order chi connectivity index (χ0) is 17.8. The molecule has 3 aromatic rings. The number of hydrogen-bond acceptors (Lipinski definition) is 5. The van der Waals surface area contributed by atoms with Gasteiger partial charge in [0.15, 0.2) is 0 Å². The highest BCUT2D eigenvalue weighted by Gasteiger charge is 2.19. The maximum absolute atomic E-state index is 12.4. The topological polar surface area (TPSA) is 69.0 Å². The first kappa shape index (κ1) is 17.1. The van der Waals surface area contributed by atoms with Crippen molar-refractivity contribution < 1.29 is 4.79 Å². The van der Waals surface area contributed by atoms with Gasteiger partial charge < -0.3 is 5.32 Å². The Hall–Kier alpha value is -2.75. The summed E-state index contributed by atoms with van der Waals surface area (Å²) in [4.78, 5) is 19.0. The Morgan fingerprint density at radius 1 is 1.28 bits per heavy atom. The van der Waals surface area contributed by atoms with Gasteiger partial charge in [0.05, 0.1) is 34.4 Å². The molecule has 0 aliphatic carbocycles. The first-order valence-electron chi connectivity index (χ1n) is 7.92. The molecule has 3 rings (SSSR count). The predicted molar refractivity (Wildman–Crippen MR) is 100 cm³/mol. The summed E-state index contributed by atoms with van der Waals surface area (Å²) in [5.41, 5.74) is 2.24. The van der Waals surface area contributed by atoms with E-state index in [0.717, 1.165) is 15.2 Å². The average molecular weight is 350 g/mol. The maximum Gasteiger partial charge on any atom is 0.241 e. The molecule has 1 atom stereocenters. The number of carbonyl (C=O) groups is 1. The third-order valence-corrected chi connectivity index (χ3v) is 5.07. The molecule has 0 saturated carbocycles. The van der Waals surface area contributed by atoms with Crippen molar-refractivity contribution >= 4 is 33.1 Å². The smallest absolute Gasteiger partial charge is 0.241 e. The van der Waals surface area contributed by atoms with Crippen LogP contribution in [-0.2, 0) is 11.3 Å². The number of thiazole rings is 1. The molecular weight excluding hydrogens is 332 g/mol. The molecule has 1 N–H and O–H groups in total. The van der Waals surface area contributed by atoms with E-state index in [9.17, 15) is 4.79 Å². The summed E-state index contributed by atoms with van der Waals surface area (Å²) in [6.07, 6.45) is 0. The fourth-order valence-electron chi connectivity index (χ4n) is 2.41. The zero-order valence-electron chi connectivity index (χ0n) is 14.1. The molecule has 0 saturated heterocycles. The molecule has 0 aliphatic rings. The van der Waals surface area contributed by atoms with E-state index in [-0.39, 0.29) is 11.9 Å². The van der Waals surface area contributed by atoms with Gasteiger partial charge in [0.2, 0.25) is 5.91 Å². The van der Waals surface area contributed by atoms with Crippen molar-refractivity contribution in [2.45, 2.75) is 19.5 Å². The molecule has 0 fully saturated rings. The minimum absolute atomic E-state index is 0.0895. The minimum Gasteiger partial charge on any atom is -0.325 e. The largest absolute Gasteiger partial charge is 0.325 e. The van der Waals surface area contributed by atoms with Gasteiger partial charge in [0.1, 0.15) is 5.01 Å². The fraction of sp³-hybridized carbons (Fsp3) is 0.211. The molecule has 0 bridgehead atoms. The Balaban J connectivity index is 1.63. The number of likely N-dealkylation sites (N-methyl/N-ethyl adjacent to an activating group) is 1. The highest BCUT2D eigenvalue weighted by atomic mass is 32.1. The van der Waals surface area contributed by atoms with Crippen LogP contribution in [-0.4, -0.2) is 28.9 Å². The molecule has 126 valence electrons. The van der Waals surface area contributed by atoms with Crippen LogP contribution < -0.4 is 5.32 Å². The summed E-state index contributed by atoms with van der Waals surface area (Å²) in [6.45, 7) is 2.48. The lowest BCUT2D eigenvalue weighted by Gasteiger charge is -2.22. The Bertz CT molecular complexity index is 893. The van der Waals surface area contributed by atoms with Crippen molar-refractivity contribution in [2.75, 3.05) is 12.4 Å². The Kier molecular flexibility index (Phi) is 5.08. The zero-order valence-corrected chi connectivity index (χ0v) is 14.9. The number of amides is 1. The van der Waals surface area contributed by atoms with E-state index in [2.05, 4.69) is 22.4 Å². The summed E-state index contributed by atoms with van der Waals surface area (Å²) in [5.74, 6) is -0.0895. The normalized spacial score (nSPS) is 12.1. The third-order valence-electron chi connectivity index (χ3n) is 4.04. The maximum atomic E-state index is 12.4. The lowest BCUT2D eigenvalue weighted by atomic mass is 10.2. The third kappa shape index (κ3) is 4.02. The number of benzene rings is 2. The number of nitrogens with zero attached hydrogens (tertiary/aromatic N) is 3. The molecule has 1 heterocycles. The number of hydrogen-bond donors (Lipinski definition) is 1. The van der Waals surface area contributed by atoms with Crippen LogP contribution in [0.5, 0.6) is 0 Å². The lowest BCUT2D eigenvalue weighted by Crippen LogP contribution is -2.39. The molecular formula is C19H18N4OS. The van der Waals surface area contributed by atoms with Gasteiger partial charge in [-0.1, -0.05) is 12.1 Å². The number of rotatable bonds is 5. The Morgan fingerprint density at radius 2 is 2.00 bits per heavy atom. The van der Waals surface area contributed by atoms with Crippen LogP contribution in [0.1, 0.15) is 17.5 Å². The molecule has 0 radical (unpaired) electrons. The van der Waals surface area contributed by atoms with Gasteiger partial charge in [-0.05, 0) is 50.4 Å². The van der Waals surface area contributed by atoms with Gasteiger partial charge in [-0.3, -0.25) is 9.69 Å². The lowest BCUT2D eigenvalue weighted by molar-refractivity contribution is -0.120. The molecule has 2 aromatic carbocycles. The van der Waals surface area contributed by atoms with Crippen LogP contribution in [0.15, 0.2) is 48.5 Å². The van der Waals surface area contributed by atoms with Crippen LogP contribution in [0.4, 0.5) is 5.69 Å². The number of carbonyl (C=O) groups excluding carboxylic acids is 1. The second-order valence-electron chi connectivity index (χ2n) is 5.84. The molecule has 5 nitrogen and oxygen atoms in total. The van der Waals surface area contributed by atoms with E-state index < -0.39 is 0 Å². The first-order valence-corrected chi connectivity index (χ1v) is 8.74. The van der Waals surface area contributed by atoms with Crippen LogP contribution >= 0.6 is 11.3 Å². The average Bonchev–Trinajstić information content (AvgIpc) is 3.03. The predicted octanol–water partition coefficient (Wildman–Crippen LogP) is 3.63. The monoisotopic (exact) mass is 350 g/mol. The van der Waals surface area contributed by atoms with Crippen molar-refractivity contribution in [1.82, 2.24) is 9.88 Å². The van der Waals surface area contributed by atoms with Crippen LogP contribution in [0.25, 0.3) is 10.2 Å². The summed E-state index contributed by atoms with van der Waals surface area (Å²) in [6, 6.07) is 16.6. The summed E-state index contributed by atoms with van der Waals surface area (Å²) in [7, 11) is 1.91. The van der Waals surface area contributed by atoms with Gasteiger partial charge >= 0.3 is 0 Å². The van der Waals surface area contributed by atoms with E-state index in [0.29, 0.717) is 17.8 Å². The van der Waals surface area contributed by atoms with Crippen molar-refractivity contribution in [2.24, 2.45) is 0 Å². The molecule has 0 aliphatic heterocycles. The highest BCUT2D eigenvalue weighted by Crippen LogP contribution is 2.23. The fourth-order valence-corrected chi connectivity index (χ4v) is 3.44. The molecule has 0 unspecified atom stereocenters. The van der Waals surface area contributed by atoms with E-state index in [1.165, 1.54) is 0 Å². The van der Waals surface area contributed by atoms with Crippen molar-refractivity contribution in [3.8, 4) is 6.07 Å². The van der Waals surface area contributed by atoms with Gasteiger partial charge in [-0.25, -0.2) is 4.98 Å². The Labute approximate surface area is 150 Å². The van der Waals surface area contributed by atoms with Crippen LogP contribution in [0.3, 0.4) is 0 Å². The molecule has 6 heteroatoms. The number of nitrogens with one attached hydrogen (secondary N) is 1. The standard InChI is InChI=1S/C19H18N4OS/c1-13(19(24)21-15-9-7-14(11-20)8-10-15)23(2)12-18-22-16-5-3-4-6-17(16)25-18/h3-10,13H,12H2,1-2H3,(H,21,24)/t13-/m0/s1.